The number of nitrogens with one attached hydrogen (secondary N) is 1. The monoisotopic (exact) mass is 259 g/mol. The van der Waals surface area contributed by atoms with Crippen LogP contribution in [0, 0.1) is 12.7 Å². The Morgan fingerprint density at radius 2 is 1.84 bits per heavy atom. The molecule has 0 saturated heterocycles. The van der Waals surface area contributed by atoms with Crippen molar-refractivity contribution in [1.82, 2.24) is 5.32 Å². The summed E-state index contributed by atoms with van der Waals surface area (Å²) in [5, 5.41) is 3.17. The minimum absolute atomic E-state index is 0.160. The second-order valence-corrected chi connectivity index (χ2v) is 4.47. The molecule has 0 aliphatic rings. The predicted molar refractivity (Wildman–Crippen MR) is 75.0 cm³/mol. The SMILES string of the molecule is CNC(c1ccccc1C)c1ccc(OC)cc1F. The Morgan fingerprint density at radius 1 is 1.11 bits per heavy atom. The number of rotatable bonds is 4. The Morgan fingerprint density at radius 3 is 2.42 bits per heavy atom. The highest BCUT2D eigenvalue weighted by Gasteiger charge is 2.18. The molecule has 0 spiro atoms. The van der Waals surface area contributed by atoms with Gasteiger partial charge in [-0.25, -0.2) is 4.39 Å². The molecule has 0 aliphatic carbocycles. The van der Waals surface area contributed by atoms with E-state index in [1.807, 2.05) is 38.2 Å². The number of aryl methyl sites for hydroxylation is 1. The number of benzene rings is 2. The highest BCUT2D eigenvalue weighted by atomic mass is 19.1. The highest BCUT2D eigenvalue weighted by molar-refractivity contribution is 5.39. The Kier molecular flexibility index (Phi) is 4.17. The van der Waals surface area contributed by atoms with Crippen molar-refractivity contribution >= 4 is 0 Å². The minimum atomic E-state index is -0.262. The van der Waals surface area contributed by atoms with Crippen LogP contribution in [0.15, 0.2) is 42.5 Å². The van der Waals surface area contributed by atoms with Crippen LogP contribution in [0.25, 0.3) is 0 Å². The van der Waals surface area contributed by atoms with E-state index < -0.39 is 0 Å². The number of hydrogen-bond acceptors (Lipinski definition) is 2. The van der Waals surface area contributed by atoms with E-state index in [2.05, 4.69) is 5.32 Å². The van der Waals surface area contributed by atoms with Gasteiger partial charge >= 0.3 is 0 Å². The van der Waals surface area contributed by atoms with E-state index in [-0.39, 0.29) is 11.9 Å². The first-order chi connectivity index (χ1) is 9.17. The zero-order valence-electron chi connectivity index (χ0n) is 11.4. The summed E-state index contributed by atoms with van der Waals surface area (Å²) in [6, 6.07) is 12.8. The Labute approximate surface area is 113 Å². The maximum Gasteiger partial charge on any atom is 0.132 e. The Bertz CT molecular complexity index is 568. The van der Waals surface area contributed by atoms with Gasteiger partial charge in [0.15, 0.2) is 0 Å². The van der Waals surface area contributed by atoms with Crippen LogP contribution >= 0.6 is 0 Å². The fourth-order valence-corrected chi connectivity index (χ4v) is 2.26. The Hall–Kier alpha value is -1.87. The van der Waals surface area contributed by atoms with Crippen molar-refractivity contribution in [3.05, 3.63) is 65.0 Å². The van der Waals surface area contributed by atoms with Crippen molar-refractivity contribution in [1.29, 1.82) is 0 Å². The summed E-state index contributed by atoms with van der Waals surface area (Å²) in [5.74, 6) is 0.267. The number of ether oxygens (including phenoxy) is 1. The van der Waals surface area contributed by atoms with E-state index in [4.69, 9.17) is 4.74 Å². The fourth-order valence-electron chi connectivity index (χ4n) is 2.26. The molecule has 0 aliphatic heterocycles. The van der Waals surface area contributed by atoms with E-state index >= 15 is 0 Å². The van der Waals surface area contributed by atoms with Gasteiger partial charge in [-0.3, -0.25) is 0 Å². The molecule has 0 radical (unpaired) electrons. The van der Waals surface area contributed by atoms with Gasteiger partial charge in [-0.2, -0.15) is 0 Å². The summed E-state index contributed by atoms with van der Waals surface area (Å²) in [6.45, 7) is 2.03. The lowest BCUT2D eigenvalue weighted by Crippen LogP contribution is -2.19. The van der Waals surface area contributed by atoms with E-state index in [9.17, 15) is 4.39 Å². The quantitative estimate of drug-likeness (QED) is 0.908. The molecule has 0 saturated carbocycles. The van der Waals surface area contributed by atoms with Gasteiger partial charge in [0.1, 0.15) is 11.6 Å². The summed E-state index contributed by atoms with van der Waals surface area (Å²) in [7, 11) is 3.37. The van der Waals surface area contributed by atoms with Crippen LogP contribution in [-0.2, 0) is 0 Å². The van der Waals surface area contributed by atoms with Crippen molar-refractivity contribution in [2.75, 3.05) is 14.2 Å². The highest BCUT2D eigenvalue weighted by Crippen LogP contribution is 2.28. The summed E-state index contributed by atoms with van der Waals surface area (Å²) < 4.78 is 19.2. The van der Waals surface area contributed by atoms with Crippen LogP contribution in [0.2, 0.25) is 0 Å². The molecule has 2 aromatic carbocycles. The van der Waals surface area contributed by atoms with Crippen LogP contribution in [0.5, 0.6) is 5.75 Å². The summed E-state index contributed by atoms with van der Waals surface area (Å²) in [5.41, 5.74) is 2.84. The maximum absolute atomic E-state index is 14.2. The number of halogens is 1. The molecule has 3 heteroatoms. The first kappa shape index (κ1) is 13.6. The summed E-state index contributed by atoms with van der Waals surface area (Å²) in [4.78, 5) is 0. The second-order valence-electron chi connectivity index (χ2n) is 4.47. The van der Waals surface area contributed by atoms with Crippen molar-refractivity contribution in [3.8, 4) is 5.75 Å². The van der Waals surface area contributed by atoms with Gasteiger partial charge in [0.25, 0.3) is 0 Å². The van der Waals surface area contributed by atoms with E-state index in [0.717, 1.165) is 11.1 Å². The lowest BCUT2D eigenvalue weighted by Gasteiger charge is -2.20. The smallest absolute Gasteiger partial charge is 0.132 e. The first-order valence-electron chi connectivity index (χ1n) is 6.23. The molecular formula is C16H18FNO. The summed E-state index contributed by atoms with van der Waals surface area (Å²) >= 11 is 0. The lowest BCUT2D eigenvalue weighted by atomic mass is 9.95. The normalized spacial score (nSPS) is 12.2. The average molecular weight is 259 g/mol. The lowest BCUT2D eigenvalue weighted by molar-refractivity contribution is 0.410. The van der Waals surface area contributed by atoms with Crippen molar-refractivity contribution < 1.29 is 9.13 Å². The van der Waals surface area contributed by atoms with E-state index in [1.165, 1.54) is 13.2 Å². The molecular weight excluding hydrogens is 241 g/mol. The first-order valence-corrected chi connectivity index (χ1v) is 6.23. The zero-order chi connectivity index (χ0) is 13.8. The van der Waals surface area contributed by atoms with Crippen molar-refractivity contribution in [3.63, 3.8) is 0 Å². The van der Waals surface area contributed by atoms with Crippen LogP contribution in [0.1, 0.15) is 22.7 Å². The second kappa shape index (κ2) is 5.85. The standard InChI is InChI=1S/C16H18FNO/c1-11-6-4-5-7-13(11)16(18-2)14-9-8-12(19-3)10-15(14)17/h4-10,16,18H,1-3H3. The van der Waals surface area contributed by atoms with Gasteiger partial charge < -0.3 is 10.1 Å². The molecule has 2 rings (SSSR count). The van der Waals surface area contributed by atoms with Crippen LogP contribution in [0.4, 0.5) is 4.39 Å². The van der Waals surface area contributed by atoms with Gasteiger partial charge in [-0.15, -0.1) is 0 Å². The molecule has 0 heterocycles. The Balaban J connectivity index is 2.46. The molecule has 2 aromatic rings. The van der Waals surface area contributed by atoms with Gasteiger partial charge in [-0.1, -0.05) is 30.3 Å². The van der Waals surface area contributed by atoms with Gasteiger partial charge in [0.05, 0.1) is 13.2 Å². The molecule has 2 nitrogen and oxygen atoms in total. The molecule has 0 bridgehead atoms. The summed E-state index contributed by atoms with van der Waals surface area (Å²) in [6.07, 6.45) is 0. The third-order valence-electron chi connectivity index (χ3n) is 3.31. The van der Waals surface area contributed by atoms with Crippen LogP contribution in [-0.4, -0.2) is 14.2 Å². The third kappa shape index (κ3) is 2.76. The topological polar surface area (TPSA) is 21.3 Å². The molecule has 1 N–H and O–H groups in total. The van der Waals surface area contributed by atoms with E-state index in [1.54, 1.807) is 12.1 Å². The number of methoxy groups -OCH3 is 1. The average Bonchev–Trinajstić information content (AvgIpc) is 2.43. The fraction of sp³-hybridized carbons (Fsp3) is 0.250. The molecule has 100 valence electrons. The van der Waals surface area contributed by atoms with Gasteiger partial charge in [0.2, 0.25) is 0 Å². The third-order valence-corrected chi connectivity index (χ3v) is 3.31. The largest absolute Gasteiger partial charge is 0.497 e. The predicted octanol–water partition coefficient (Wildman–Crippen LogP) is 3.45. The molecule has 0 amide bonds. The van der Waals surface area contributed by atoms with Crippen LogP contribution < -0.4 is 10.1 Å². The molecule has 0 aromatic heterocycles. The molecule has 1 unspecified atom stereocenters. The maximum atomic E-state index is 14.2. The van der Waals surface area contributed by atoms with Crippen LogP contribution in [0.3, 0.4) is 0 Å². The minimum Gasteiger partial charge on any atom is -0.497 e. The molecule has 0 fully saturated rings. The van der Waals surface area contributed by atoms with Crippen molar-refractivity contribution in [2.45, 2.75) is 13.0 Å². The van der Waals surface area contributed by atoms with Gasteiger partial charge in [-0.05, 0) is 31.2 Å². The molecule has 19 heavy (non-hydrogen) atoms. The van der Waals surface area contributed by atoms with E-state index in [0.29, 0.717) is 11.3 Å². The zero-order valence-corrected chi connectivity index (χ0v) is 11.4. The molecule has 1 atom stereocenters. The van der Waals surface area contributed by atoms with Crippen molar-refractivity contribution in [2.24, 2.45) is 0 Å². The van der Waals surface area contributed by atoms with Gasteiger partial charge in [0, 0.05) is 11.6 Å². The number of hydrogen-bond donors (Lipinski definition) is 1.